The molecule has 0 atom stereocenters. The molecule has 1 rings (SSSR count). The van der Waals surface area contributed by atoms with Crippen LogP contribution >= 0.6 is 0 Å². The van der Waals surface area contributed by atoms with Gasteiger partial charge in [-0.1, -0.05) is 0 Å². The Hall–Kier alpha value is -1.29. The highest BCUT2D eigenvalue weighted by Crippen LogP contribution is 2.09. The predicted molar refractivity (Wildman–Crippen MR) is 52.3 cm³/mol. The van der Waals surface area contributed by atoms with Crippen LogP contribution < -0.4 is 11.3 Å². The van der Waals surface area contributed by atoms with E-state index in [2.05, 4.69) is 10.4 Å². The lowest BCUT2D eigenvalue weighted by Crippen LogP contribution is -2.33. The molecule has 0 amide bonds. The lowest BCUT2D eigenvalue weighted by molar-refractivity contribution is 0.540. The maximum absolute atomic E-state index is 5.33. The van der Waals surface area contributed by atoms with Gasteiger partial charge in [0.25, 0.3) is 0 Å². The number of nitrogens with one attached hydrogen (secondary N) is 1. The molecule has 1 aromatic heterocycles. The second kappa shape index (κ2) is 3.62. The highest BCUT2D eigenvalue weighted by Gasteiger charge is 2.12. The van der Waals surface area contributed by atoms with Crippen molar-refractivity contribution in [2.24, 2.45) is 10.8 Å². The Balaban J connectivity index is 2.93. The van der Waals surface area contributed by atoms with E-state index in [1.807, 2.05) is 26.8 Å². The van der Waals surface area contributed by atoms with Crippen LogP contribution in [0.5, 0.6) is 0 Å². The zero-order chi connectivity index (χ0) is 9.90. The molecule has 0 spiro atoms. The van der Waals surface area contributed by atoms with E-state index in [4.69, 9.17) is 10.3 Å². The second-order valence-electron chi connectivity index (χ2n) is 3.75. The number of hydrogen-bond donors (Lipinski definition) is 2. The van der Waals surface area contributed by atoms with Gasteiger partial charge in [0.15, 0.2) is 11.6 Å². The van der Waals surface area contributed by atoms with Gasteiger partial charge in [0.1, 0.15) is 0 Å². The Morgan fingerprint density at radius 2 is 2.23 bits per heavy atom. The number of furan rings is 1. The van der Waals surface area contributed by atoms with E-state index in [0.29, 0.717) is 11.6 Å². The molecule has 0 saturated carbocycles. The third kappa shape index (κ3) is 2.91. The quantitative estimate of drug-likeness (QED) is 0.297. The summed E-state index contributed by atoms with van der Waals surface area (Å²) in [6.45, 7) is 5.98. The van der Waals surface area contributed by atoms with E-state index in [1.54, 1.807) is 12.3 Å². The van der Waals surface area contributed by atoms with Crippen molar-refractivity contribution in [3.8, 4) is 0 Å². The fraction of sp³-hybridized carbons (Fsp3) is 0.444. The third-order valence-corrected chi connectivity index (χ3v) is 1.34. The van der Waals surface area contributed by atoms with Crippen molar-refractivity contribution in [1.29, 1.82) is 0 Å². The first-order chi connectivity index (χ1) is 6.03. The highest BCUT2D eigenvalue weighted by molar-refractivity contribution is 5.96. The number of nitrogens with two attached hydrogens (primary N) is 1. The van der Waals surface area contributed by atoms with Crippen LogP contribution in [0.25, 0.3) is 0 Å². The van der Waals surface area contributed by atoms with E-state index in [9.17, 15) is 0 Å². The lowest BCUT2D eigenvalue weighted by atomic mass is 10.1. The average Bonchev–Trinajstić information content (AvgIpc) is 2.50. The van der Waals surface area contributed by atoms with Gasteiger partial charge in [-0.3, -0.25) is 4.99 Å². The molecule has 4 heteroatoms. The van der Waals surface area contributed by atoms with Crippen LogP contribution in [0.15, 0.2) is 27.8 Å². The summed E-state index contributed by atoms with van der Waals surface area (Å²) >= 11 is 0. The average molecular weight is 181 g/mol. The van der Waals surface area contributed by atoms with Crippen molar-refractivity contribution >= 4 is 5.84 Å². The summed E-state index contributed by atoms with van der Waals surface area (Å²) in [6, 6.07) is 3.61. The first-order valence-electron chi connectivity index (χ1n) is 4.13. The molecule has 0 bridgehead atoms. The van der Waals surface area contributed by atoms with E-state index in [1.165, 1.54) is 0 Å². The van der Waals surface area contributed by atoms with Crippen molar-refractivity contribution < 1.29 is 4.42 Å². The summed E-state index contributed by atoms with van der Waals surface area (Å²) in [4.78, 5) is 4.36. The van der Waals surface area contributed by atoms with Crippen LogP contribution in [0.1, 0.15) is 26.5 Å². The maximum atomic E-state index is 5.33. The van der Waals surface area contributed by atoms with Crippen molar-refractivity contribution in [3.05, 3.63) is 24.2 Å². The zero-order valence-electron chi connectivity index (χ0n) is 8.16. The molecule has 13 heavy (non-hydrogen) atoms. The minimum absolute atomic E-state index is 0.172. The molecule has 72 valence electrons. The molecule has 0 saturated heterocycles. The Bertz CT molecular complexity index is 282. The van der Waals surface area contributed by atoms with Crippen molar-refractivity contribution in [1.82, 2.24) is 5.43 Å². The topological polar surface area (TPSA) is 63.5 Å². The number of aliphatic imine (C=N–C) groups is 1. The van der Waals surface area contributed by atoms with Crippen LogP contribution in [-0.4, -0.2) is 11.4 Å². The van der Waals surface area contributed by atoms with Crippen LogP contribution in [0, 0.1) is 0 Å². The van der Waals surface area contributed by atoms with Crippen molar-refractivity contribution in [2.45, 2.75) is 26.3 Å². The number of amidine groups is 1. The van der Waals surface area contributed by atoms with Crippen molar-refractivity contribution in [3.63, 3.8) is 0 Å². The standard InChI is InChI=1S/C9H15N3O/c1-9(2,3)11-8(12-10)7-5-4-6-13-7/h4-6H,10H2,1-3H3,(H,11,12). The largest absolute Gasteiger partial charge is 0.461 e. The molecule has 4 nitrogen and oxygen atoms in total. The van der Waals surface area contributed by atoms with Gasteiger partial charge in [0.05, 0.1) is 11.8 Å². The molecular formula is C9H15N3O. The fourth-order valence-electron chi connectivity index (χ4n) is 0.907. The molecule has 0 aromatic carbocycles. The van der Waals surface area contributed by atoms with Gasteiger partial charge in [0.2, 0.25) is 0 Å². The number of nitrogens with zero attached hydrogens (tertiary/aromatic N) is 1. The van der Waals surface area contributed by atoms with E-state index in [-0.39, 0.29) is 5.54 Å². The van der Waals surface area contributed by atoms with E-state index >= 15 is 0 Å². The summed E-state index contributed by atoms with van der Waals surface area (Å²) in [5.41, 5.74) is 2.35. The summed E-state index contributed by atoms with van der Waals surface area (Å²) in [6.07, 6.45) is 1.59. The number of hydrazine groups is 1. The van der Waals surface area contributed by atoms with Crippen LogP contribution in [-0.2, 0) is 0 Å². The Kier molecular flexibility index (Phi) is 2.72. The Morgan fingerprint density at radius 1 is 1.54 bits per heavy atom. The van der Waals surface area contributed by atoms with Gasteiger partial charge in [-0.15, -0.1) is 0 Å². The van der Waals surface area contributed by atoms with Gasteiger partial charge in [0, 0.05) is 0 Å². The summed E-state index contributed by atoms with van der Waals surface area (Å²) in [7, 11) is 0. The molecule has 1 aromatic rings. The Labute approximate surface area is 77.8 Å². The smallest absolute Gasteiger partial charge is 0.179 e. The van der Waals surface area contributed by atoms with Crippen LogP contribution in [0.3, 0.4) is 0 Å². The number of rotatable bonds is 1. The normalized spacial score (nSPS) is 13.1. The minimum Gasteiger partial charge on any atom is -0.461 e. The molecule has 3 N–H and O–H groups in total. The van der Waals surface area contributed by atoms with Gasteiger partial charge in [-0.25, -0.2) is 5.84 Å². The van der Waals surface area contributed by atoms with Crippen LogP contribution in [0.4, 0.5) is 0 Å². The molecule has 0 unspecified atom stereocenters. The summed E-state index contributed by atoms with van der Waals surface area (Å²) < 4.78 is 5.16. The van der Waals surface area contributed by atoms with Gasteiger partial charge >= 0.3 is 0 Å². The Morgan fingerprint density at radius 3 is 2.62 bits per heavy atom. The molecule has 0 aliphatic heterocycles. The summed E-state index contributed by atoms with van der Waals surface area (Å²) in [5.74, 6) is 6.55. The molecule has 0 radical (unpaired) electrons. The molecule has 1 heterocycles. The number of hydrogen-bond acceptors (Lipinski definition) is 3. The monoisotopic (exact) mass is 181 g/mol. The molecule has 0 fully saturated rings. The SMILES string of the molecule is CC(C)(C)N=C(NN)c1ccco1. The predicted octanol–water partition coefficient (Wildman–Crippen LogP) is 1.29. The molecular weight excluding hydrogens is 166 g/mol. The van der Waals surface area contributed by atoms with E-state index < -0.39 is 0 Å². The minimum atomic E-state index is -0.172. The molecule has 0 aliphatic rings. The maximum Gasteiger partial charge on any atom is 0.179 e. The first-order valence-corrected chi connectivity index (χ1v) is 4.13. The molecule has 0 aliphatic carbocycles. The third-order valence-electron chi connectivity index (χ3n) is 1.34. The second-order valence-corrected chi connectivity index (χ2v) is 3.75. The van der Waals surface area contributed by atoms with Crippen LogP contribution in [0.2, 0.25) is 0 Å². The van der Waals surface area contributed by atoms with Gasteiger partial charge in [-0.05, 0) is 32.9 Å². The van der Waals surface area contributed by atoms with Gasteiger partial charge < -0.3 is 9.84 Å². The van der Waals surface area contributed by atoms with E-state index in [0.717, 1.165) is 0 Å². The fourth-order valence-corrected chi connectivity index (χ4v) is 0.907. The van der Waals surface area contributed by atoms with Crippen molar-refractivity contribution in [2.75, 3.05) is 0 Å². The highest BCUT2D eigenvalue weighted by atomic mass is 16.3. The lowest BCUT2D eigenvalue weighted by Gasteiger charge is -2.14. The first kappa shape index (κ1) is 9.80. The summed E-state index contributed by atoms with van der Waals surface area (Å²) in [5, 5.41) is 0. The zero-order valence-corrected chi connectivity index (χ0v) is 8.16. The van der Waals surface area contributed by atoms with Gasteiger partial charge in [-0.2, -0.15) is 0 Å².